The Morgan fingerprint density at radius 1 is 1.00 bits per heavy atom. The largest absolute Gasteiger partial charge is 0.464 e. The van der Waals surface area contributed by atoms with Crippen molar-refractivity contribution >= 4 is 11.9 Å². The van der Waals surface area contributed by atoms with Gasteiger partial charge in [-0.2, -0.15) is 0 Å². The van der Waals surface area contributed by atoms with Gasteiger partial charge in [0.15, 0.2) is 5.69 Å². The van der Waals surface area contributed by atoms with E-state index in [0.717, 1.165) is 19.3 Å². The first-order chi connectivity index (χ1) is 11.1. The molecule has 0 radical (unpaired) electrons. The number of esters is 2. The van der Waals surface area contributed by atoms with Gasteiger partial charge in [-0.15, -0.1) is 5.10 Å². The SMILES string of the molecule is COC(=O)c1nnn(C23CC4CC(CC(C4)C2)C3)c1C(=O)OC. The van der Waals surface area contributed by atoms with E-state index in [4.69, 9.17) is 9.47 Å². The second kappa shape index (κ2) is 5.04. The summed E-state index contributed by atoms with van der Waals surface area (Å²) in [5.41, 5.74) is -0.103. The molecule has 4 saturated carbocycles. The maximum absolute atomic E-state index is 12.3. The van der Waals surface area contributed by atoms with E-state index in [9.17, 15) is 9.59 Å². The van der Waals surface area contributed by atoms with Crippen molar-refractivity contribution < 1.29 is 19.1 Å². The van der Waals surface area contributed by atoms with Crippen LogP contribution in [0.5, 0.6) is 0 Å². The summed E-state index contributed by atoms with van der Waals surface area (Å²) in [6.07, 6.45) is 6.87. The minimum Gasteiger partial charge on any atom is -0.464 e. The number of rotatable bonds is 3. The van der Waals surface area contributed by atoms with E-state index < -0.39 is 11.9 Å². The molecule has 4 aliphatic rings. The molecule has 0 saturated heterocycles. The van der Waals surface area contributed by atoms with E-state index in [1.165, 1.54) is 33.5 Å². The van der Waals surface area contributed by atoms with Crippen LogP contribution in [0.25, 0.3) is 0 Å². The molecule has 1 aromatic rings. The summed E-state index contributed by atoms with van der Waals surface area (Å²) in [4.78, 5) is 24.2. The van der Waals surface area contributed by atoms with Crippen LogP contribution >= 0.6 is 0 Å². The molecule has 0 aliphatic heterocycles. The molecule has 4 fully saturated rings. The second-order valence-corrected chi connectivity index (χ2v) is 7.32. The van der Waals surface area contributed by atoms with Crippen LogP contribution in [0.2, 0.25) is 0 Å². The van der Waals surface area contributed by atoms with Crippen molar-refractivity contribution in [2.75, 3.05) is 14.2 Å². The smallest absolute Gasteiger partial charge is 0.361 e. The highest BCUT2D eigenvalue weighted by molar-refractivity contribution is 6.00. The Kier molecular flexibility index (Phi) is 3.21. The van der Waals surface area contributed by atoms with Crippen LogP contribution < -0.4 is 0 Å². The average molecular weight is 319 g/mol. The minimum absolute atomic E-state index is 0.0462. The summed E-state index contributed by atoms with van der Waals surface area (Å²) < 4.78 is 11.3. The van der Waals surface area contributed by atoms with Crippen molar-refractivity contribution in [2.24, 2.45) is 17.8 Å². The molecular formula is C16H21N3O4. The molecule has 4 bridgehead atoms. The molecule has 0 amide bonds. The number of ether oxygens (including phenoxy) is 2. The molecule has 0 unspecified atom stereocenters. The highest BCUT2D eigenvalue weighted by Gasteiger charge is 2.54. The number of carbonyl (C=O) groups excluding carboxylic acids is 2. The fourth-order valence-electron chi connectivity index (χ4n) is 5.45. The van der Waals surface area contributed by atoms with E-state index in [1.807, 2.05) is 0 Å². The van der Waals surface area contributed by atoms with E-state index in [-0.39, 0.29) is 16.9 Å². The Morgan fingerprint density at radius 3 is 2.00 bits per heavy atom. The summed E-state index contributed by atoms with van der Waals surface area (Å²) in [6.45, 7) is 0. The predicted molar refractivity (Wildman–Crippen MR) is 78.8 cm³/mol. The van der Waals surface area contributed by atoms with Crippen molar-refractivity contribution in [2.45, 2.75) is 44.1 Å². The summed E-state index contributed by atoms with van der Waals surface area (Å²) in [5.74, 6) is 0.847. The number of methoxy groups -OCH3 is 2. The van der Waals surface area contributed by atoms with Crippen LogP contribution in [-0.4, -0.2) is 41.2 Å². The number of nitrogens with zero attached hydrogens (tertiary/aromatic N) is 3. The van der Waals surface area contributed by atoms with Gasteiger partial charge in [0.2, 0.25) is 5.69 Å². The van der Waals surface area contributed by atoms with Crippen LogP contribution in [0.15, 0.2) is 0 Å². The van der Waals surface area contributed by atoms with Gasteiger partial charge in [0.1, 0.15) is 0 Å². The Bertz CT molecular complexity index is 631. The zero-order chi connectivity index (χ0) is 16.2. The molecule has 1 heterocycles. The van der Waals surface area contributed by atoms with Crippen molar-refractivity contribution in [3.05, 3.63) is 11.4 Å². The summed E-state index contributed by atoms with van der Waals surface area (Å²) in [5, 5.41) is 8.16. The molecule has 7 nitrogen and oxygen atoms in total. The molecule has 124 valence electrons. The lowest BCUT2D eigenvalue weighted by atomic mass is 9.53. The standard InChI is InChI=1S/C16H21N3O4/c1-22-14(20)12-13(15(21)23-2)19(18-17-12)16-6-9-3-10(7-16)5-11(4-9)8-16/h9-11H,3-8H2,1-2H3. The normalized spacial score (nSPS) is 34.4. The van der Waals surface area contributed by atoms with Crippen LogP contribution in [0.1, 0.15) is 59.5 Å². The highest BCUT2D eigenvalue weighted by atomic mass is 16.5. The summed E-state index contributed by atoms with van der Waals surface area (Å²) in [7, 11) is 2.58. The number of carbonyl (C=O) groups is 2. The molecule has 4 aliphatic carbocycles. The van der Waals surface area contributed by atoms with Gasteiger partial charge in [-0.05, 0) is 56.3 Å². The van der Waals surface area contributed by atoms with Gasteiger partial charge in [-0.3, -0.25) is 0 Å². The fraction of sp³-hybridized carbons (Fsp3) is 0.750. The zero-order valence-corrected chi connectivity index (χ0v) is 13.4. The quantitative estimate of drug-likeness (QED) is 0.790. The van der Waals surface area contributed by atoms with Gasteiger partial charge in [0.05, 0.1) is 19.8 Å². The third-order valence-electron chi connectivity index (χ3n) is 5.88. The van der Waals surface area contributed by atoms with E-state index in [1.54, 1.807) is 4.68 Å². The topological polar surface area (TPSA) is 83.3 Å². The van der Waals surface area contributed by atoms with Crippen molar-refractivity contribution in [3.8, 4) is 0 Å². The average Bonchev–Trinajstić information content (AvgIpc) is 2.98. The van der Waals surface area contributed by atoms with Crippen LogP contribution in [0.4, 0.5) is 0 Å². The van der Waals surface area contributed by atoms with Crippen LogP contribution in [0, 0.1) is 17.8 Å². The molecular weight excluding hydrogens is 298 g/mol. The van der Waals surface area contributed by atoms with E-state index in [2.05, 4.69) is 10.3 Å². The van der Waals surface area contributed by atoms with E-state index in [0.29, 0.717) is 17.8 Å². The van der Waals surface area contributed by atoms with Crippen molar-refractivity contribution in [1.82, 2.24) is 15.0 Å². The predicted octanol–water partition coefficient (Wildman–Crippen LogP) is 1.78. The molecule has 7 heteroatoms. The van der Waals surface area contributed by atoms with Gasteiger partial charge >= 0.3 is 11.9 Å². The fourth-order valence-corrected chi connectivity index (χ4v) is 5.45. The Balaban J connectivity index is 1.81. The third kappa shape index (κ3) is 2.09. The van der Waals surface area contributed by atoms with Gasteiger partial charge in [0.25, 0.3) is 0 Å². The summed E-state index contributed by atoms with van der Waals surface area (Å²) >= 11 is 0. The summed E-state index contributed by atoms with van der Waals surface area (Å²) in [6, 6.07) is 0. The molecule has 0 N–H and O–H groups in total. The van der Waals surface area contributed by atoms with Gasteiger partial charge in [0, 0.05) is 0 Å². The maximum Gasteiger partial charge on any atom is 0.361 e. The Hall–Kier alpha value is -1.92. The minimum atomic E-state index is -0.652. The molecule has 1 aromatic heterocycles. The monoisotopic (exact) mass is 319 g/mol. The Morgan fingerprint density at radius 2 is 1.52 bits per heavy atom. The molecule has 0 aromatic carbocycles. The second-order valence-electron chi connectivity index (χ2n) is 7.32. The Labute approximate surface area is 134 Å². The van der Waals surface area contributed by atoms with Crippen LogP contribution in [-0.2, 0) is 15.0 Å². The lowest BCUT2D eigenvalue weighted by Gasteiger charge is -2.56. The first kappa shape index (κ1) is 14.7. The van der Waals surface area contributed by atoms with Gasteiger partial charge in [-0.25, -0.2) is 14.3 Å². The molecule has 0 spiro atoms. The van der Waals surface area contributed by atoms with Gasteiger partial charge < -0.3 is 9.47 Å². The van der Waals surface area contributed by atoms with E-state index >= 15 is 0 Å². The van der Waals surface area contributed by atoms with Crippen molar-refractivity contribution in [1.29, 1.82) is 0 Å². The number of aromatic nitrogens is 3. The third-order valence-corrected chi connectivity index (χ3v) is 5.88. The first-order valence-corrected chi connectivity index (χ1v) is 8.19. The molecule has 5 rings (SSSR count). The molecule has 23 heavy (non-hydrogen) atoms. The first-order valence-electron chi connectivity index (χ1n) is 8.19. The lowest BCUT2D eigenvalue weighted by Crippen LogP contribution is -2.53. The highest BCUT2D eigenvalue weighted by Crippen LogP contribution is 2.58. The number of hydrogen-bond donors (Lipinski definition) is 0. The maximum atomic E-state index is 12.3. The number of hydrogen-bond acceptors (Lipinski definition) is 6. The van der Waals surface area contributed by atoms with Crippen LogP contribution in [0.3, 0.4) is 0 Å². The van der Waals surface area contributed by atoms with Crippen molar-refractivity contribution in [3.63, 3.8) is 0 Å². The van der Waals surface area contributed by atoms with Gasteiger partial charge in [-0.1, -0.05) is 5.21 Å². The lowest BCUT2D eigenvalue weighted by molar-refractivity contribution is -0.0518. The zero-order valence-electron chi connectivity index (χ0n) is 13.4. The molecule has 0 atom stereocenters.